The normalized spacial score (nSPS) is 11.1. The molecule has 5 rings (SSSR count). The van der Waals surface area contributed by atoms with Crippen molar-refractivity contribution >= 4 is 0 Å². The lowest BCUT2D eigenvalue weighted by molar-refractivity contribution is -2.00. The Bertz CT molecular complexity index is 1330. The van der Waals surface area contributed by atoms with Gasteiger partial charge in [0.1, 0.15) is 0 Å². The van der Waals surface area contributed by atoms with Gasteiger partial charge in [0.05, 0.1) is 23.3 Å². The summed E-state index contributed by atoms with van der Waals surface area (Å²) in [6, 6.07) is 35.9. The maximum absolute atomic E-state index is 8.49. The highest BCUT2D eigenvalue weighted by Crippen LogP contribution is 2.41. The van der Waals surface area contributed by atoms with Crippen LogP contribution in [-0.4, -0.2) is 0 Å². The van der Waals surface area contributed by atoms with Gasteiger partial charge in [0.15, 0.2) is 0 Å². The fourth-order valence-electron chi connectivity index (χ4n) is 4.13. The second-order valence-corrected chi connectivity index (χ2v) is 8.87. The summed E-state index contributed by atoms with van der Waals surface area (Å²) in [7, 11) is -4.94. The summed E-state index contributed by atoms with van der Waals surface area (Å²) in [6.45, 7) is 4.37. The van der Waals surface area contributed by atoms with Crippen molar-refractivity contribution in [3.63, 3.8) is 0 Å². The van der Waals surface area contributed by atoms with Crippen LogP contribution in [0.3, 0.4) is 0 Å². The van der Waals surface area contributed by atoms with Crippen LogP contribution in [0.4, 0.5) is 0 Å². The minimum atomic E-state index is -4.94. The Kier molecular flexibility index (Phi) is 7.26. The molecule has 0 fully saturated rings. The van der Waals surface area contributed by atoms with Crippen LogP contribution in [0, 0.1) is 24.1 Å². The van der Waals surface area contributed by atoms with Gasteiger partial charge in [-0.05, 0) is 65.9 Å². The average Bonchev–Trinajstić information content (AvgIpc) is 3.24. The van der Waals surface area contributed by atoms with Crippen LogP contribution in [0.25, 0.3) is 44.9 Å². The molecule has 1 aromatic heterocycles. The molecule has 6 heteroatoms. The summed E-state index contributed by atoms with van der Waals surface area (Å²) in [4.78, 5) is 0. The minimum Gasteiger partial charge on any atom is -0.222 e. The molecule has 0 bridgehead atoms. The lowest BCUT2D eigenvalue weighted by atomic mass is 9.96. The second kappa shape index (κ2) is 10.4. The van der Waals surface area contributed by atoms with E-state index in [1.807, 2.05) is 36.4 Å². The molecule has 0 N–H and O–H groups in total. The molecule has 176 valence electrons. The Balaban J connectivity index is 0.000000527. The first-order valence-electron chi connectivity index (χ1n) is 10.9. The predicted octanol–water partition coefficient (Wildman–Crippen LogP) is 3.53. The number of aryl methyl sites for hydroxylation is 2. The molecule has 2 aliphatic carbocycles. The number of halogens is 1. The first-order chi connectivity index (χ1) is 16.7. The maximum Gasteiger partial charge on any atom is 0.361 e. The van der Waals surface area contributed by atoms with Crippen molar-refractivity contribution in [2.75, 3.05) is 0 Å². The molecule has 3 aromatic rings. The molecule has 1 heterocycles. The van der Waals surface area contributed by atoms with E-state index in [1.165, 1.54) is 33.4 Å². The van der Waals surface area contributed by atoms with Gasteiger partial charge in [-0.2, -0.15) is 0 Å². The fraction of sp³-hybridized carbons (Fsp3) is 0.0690. The van der Waals surface area contributed by atoms with Crippen LogP contribution < -0.4 is 18.6 Å². The summed E-state index contributed by atoms with van der Waals surface area (Å²) >= 11 is 0. The van der Waals surface area contributed by atoms with Gasteiger partial charge in [-0.15, -0.1) is 10.2 Å². The van der Waals surface area contributed by atoms with Crippen molar-refractivity contribution in [1.29, 1.82) is 0 Å². The van der Waals surface area contributed by atoms with Crippen molar-refractivity contribution in [2.45, 2.75) is 13.8 Å². The summed E-state index contributed by atoms with van der Waals surface area (Å²) < 4.78 is 40.3. The highest BCUT2D eigenvalue weighted by Gasteiger charge is 2.23. The number of hydrogen-bond acceptors (Lipinski definition) is 4. The molecule has 35 heavy (non-hydrogen) atoms. The second-order valence-electron chi connectivity index (χ2n) is 8.11. The Morgan fingerprint density at radius 1 is 0.514 bits per heavy atom. The van der Waals surface area contributed by atoms with Gasteiger partial charge in [0, 0.05) is 5.56 Å². The number of benzene rings is 2. The molecule has 0 radical (unpaired) electrons. The van der Waals surface area contributed by atoms with Crippen molar-refractivity contribution in [2.24, 2.45) is 0 Å². The van der Waals surface area contributed by atoms with Gasteiger partial charge in [-0.25, -0.2) is 23.1 Å². The molecule has 0 unspecified atom stereocenters. The molecule has 0 saturated carbocycles. The summed E-state index contributed by atoms with van der Waals surface area (Å²) in [5, 5.41) is 0. The van der Waals surface area contributed by atoms with Crippen molar-refractivity contribution in [3.05, 3.63) is 114 Å². The smallest absolute Gasteiger partial charge is 0.222 e. The van der Waals surface area contributed by atoms with E-state index in [4.69, 9.17) is 23.1 Å². The van der Waals surface area contributed by atoms with Crippen LogP contribution in [0.5, 0.6) is 0 Å². The molecule has 2 aromatic carbocycles. The van der Waals surface area contributed by atoms with Gasteiger partial charge >= 0.3 is 11.5 Å². The topological polar surface area (TPSA) is 104 Å². The van der Waals surface area contributed by atoms with E-state index in [1.54, 1.807) is 0 Å². The lowest BCUT2D eigenvalue weighted by Crippen LogP contribution is -2.68. The standard InChI is InChI=1S/C29H23O.ClHO4/c1-20-10-9-11-21(2)29-25(20)16-17-26(29)24-18-27(22-12-5-3-6-13-22)30-28(19-24)23-14-7-4-8-15-23;2-1(3,4)5/h3-19H,1-2H3;(H,2,3,4,5)/q+1;/p-1. The van der Waals surface area contributed by atoms with Crippen LogP contribution in [0.15, 0.2) is 108 Å². The first kappa shape index (κ1) is 24.5. The number of fused-ring (bicyclic) bond motifs is 1. The molecule has 0 atom stereocenters. The van der Waals surface area contributed by atoms with E-state index in [9.17, 15) is 0 Å². The third kappa shape index (κ3) is 6.11. The monoisotopic (exact) mass is 486 g/mol. The molecular weight excluding hydrogens is 464 g/mol. The molecular formula is C29H23ClO5. The molecule has 0 amide bonds. The molecule has 0 saturated heterocycles. The molecule has 0 aliphatic heterocycles. The van der Waals surface area contributed by atoms with Crippen LogP contribution in [0.2, 0.25) is 0 Å². The van der Waals surface area contributed by atoms with Gasteiger partial charge in [-0.1, -0.05) is 66.7 Å². The van der Waals surface area contributed by atoms with Gasteiger partial charge in [-0.3, -0.25) is 0 Å². The summed E-state index contributed by atoms with van der Waals surface area (Å²) in [5.74, 6) is 1.74. The van der Waals surface area contributed by atoms with E-state index >= 15 is 0 Å². The molecule has 5 nitrogen and oxygen atoms in total. The van der Waals surface area contributed by atoms with Crippen LogP contribution in [0.1, 0.15) is 11.1 Å². The SMILES string of the molecule is Cc1cccc(C)c2c(-c3cc(-c4ccccc4)[o+]c(-c4ccccc4)c3)ccc1-2.[O-][Cl+3]([O-])([O-])[O-]. The zero-order valence-corrected chi connectivity index (χ0v) is 20.0. The van der Waals surface area contributed by atoms with Crippen molar-refractivity contribution in [1.82, 2.24) is 0 Å². The average molecular weight is 487 g/mol. The first-order valence-corrected chi connectivity index (χ1v) is 12.1. The van der Waals surface area contributed by atoms with Crippen molar-refractivity contribution in [3.8, 4) is 44.9 Å². The molecule has 2 aliphatic rings. The summed E-state index contributed by atoms with van der Waals surface area (Å²) in [5.41, 5.74) is 9.74. The van der Waals surface area contributed by atoms with Crippen LogP contribution >= 0.6 is 0 Å². The Labute approximate surface area is 206 Å². The zero-order valence-electron chi connectivity index (χ0n) is 19.2. The lowest BCUT2D eigenvalue weighted by Gasteiger charge is -2.17. The van der Waals surface area contributed by atoms with Gasteiger partial charge < -0.3 is 0 Å². The highest BCUT2D eigenvalue weighted by molar-refractivity contribution is 5.91. The third-order valence-corrected chi connectivity index (χ3v) is 5.69. The van der Waals surface area contributed by atoms with Crippen LogP contribution in [-0.2, 0) is 0 Å². The summed E-state index contributed by atoms with van der Waals surface area (Å²) in [6.07, 6.45) is 0. The third-order valence-electron chi connectivity index (χ3n) is 5.69. The predicted molar refractivity (Wildman–Crippen MR) is 126 cm³/mol. The van der Waals surface area contributed by atoms with E-state index < -0.39 is 10.2 Å². The Morgan fingerprint density at radius 2 is 0.971 bits per heavy atom. The molecule has 0 spiro atoms. The van der Waals surface area contributed by atoms with E-state index in [-0.39, 0.29) is 0 Å². The Morgan fingerprint density at radius 3 is 1.49 bits per heavy atom. The van der Waals surface area contributed by atoms with Crippen molar-refractivity contribution < 1.29 is 33.3 Å². The van der Waals surface area contributed by atoms with Gasteiger partial charge in [0.25, 0.3) is 0 Å². The number of rotatable bonds is 3. The van der Waals surface area contributed by atoms with E-state index in [0.717, 1.165) is 22.6 Å². The number of hydrogen-bond donors (Lipinski definition) is 0. The van der Waals surface area contributed by atoms with E-state index in [2.05, 4.69) is 80.6 Å². The highest BCUT2D eigenvalue weighted by atomic mass is 35.7. The zero-order chi connectivity index (χ0) is 25.0. The maximum atomic E-state index is 8.49. The largest absolute Gasteiger partial charge is 0.361 e. The van der Waals surface area contributed by atoms with E-state index in [0.29, 0.717) is 0 Å². The minimum absolute atomic E-state index is 0.871. The van der Waals surface area contributed by atoms with Gasteiger partial charge in [0.2, 0.25) is 0 Å². The fourth-order valence-corrected chi connectivity index (χ4v) is 4.13. The quantitative estimate of drug-likeness (QED) is 0.363. The Hall–Kier alpha value is -3.58.